The molecule has 122 valence electrons. The molecule has 1 atom stereocenters. The molecule has 1 unspecified atom stereocenters. The van der Waals surface area contributed by atoms with Crippen LogP contribution in [-0.2, 0) is 12.1 Å². The maximum atomic E-state index is 14.3. The Labute approximate surface area is 139 Å². The second-order valence-corrected chi connectivity index (χ2v) is 6.84. The van der Waals surface area contributed by atoms with Crippen LogP contribution in [0.2, 0.25) is 5.02 Å². The highest BCUT2D eigenvalue weighted by molar-refractivity contribution is 6.30. The van der Waals surface area contributed by atoms with Crippen molar-refractivity contribution in [3.05, 3.63) is 69.7 Å². The first-order chi connectivity index (χ1) is 10.8. The Bertz CT molecular complexity index is 729. The van der Waals surface area contributed by atoms with E-state index >= 15 is 0 Å². The van der Waals surface area contributed by atoms with Gasteiger partial charge in [0.25, 0.3) is 0 Å². The van der Waals surface area contributed by atoms with E-state index in [2.05, 4.69) is 18.7 Å². The third-order valence-corrected chi connectivity index (χ3v) is 4.97. The van der Waals surface area contributed by atoms with Gasteiger partial charge in [-0.2, -0.15) is 0 Å². The van der Waals surface area contributed by atoms with Crippen molar-refractivity contribution >= 4 is 11.6 Å². The Morgan fingerprint density at radius 1 is 1.22 bits per heavy atom. The highest BCUT2D eigenvalue weighted by atomic mass is 35.5. The molecular weight excluding hydrogens is 318 g/mol. The summed E-state index contributed by atoms with van der Waals surface area (Å²) < 4.78 is 27.8. The summed E-state index contributed by atoms with van der Waals surface area (Å²) in [6, 6.07) is 9.63. The molecule has 2 nitrogen and oxygen atoms in total. The van der Waals surface area contributed by atoms with Gasteiger partial charge in [0.15, 0.2) is 0 Å². The molecule has 2 aromatic rings. The van der Waals surface area contributed by atoms with Crippen molar-refractivity contribution in [3.8, 4) is 0 Å². The highest BCUT2D eigenvalue weighted by Gasteiger charge is 2.41. The van der Waals surface area contributed by atoms with Crippen LogP contribution in [-0.4, -0.2) is 11.4 Å². The number of nitrogens with two attached hydrogens (primary N) is 1. The quantitative estimate of drug-likeness (QED) is 0.901. The van der Waals surface area contributed by atoms with Crippen molar-refractivity contribution in [1.82, 2.24) is 4.90 Å². The van der Waals surface area contributed by atoms with E-state index < -0.39 is 17.2 Å². The van der Waals surface area contributed by atoms with Crippen LogP contribution >= 0.6 is 11.6 Å². The summed E-state index contributed by atoms with van der Waals surface area (Å²) in [5.74, 6) is -1.08. The van der Waals surface area contributed by atoms with Gasteiger partial charge in [-0.05, 0) is 43.2 Å². The second-order valence-electron chi connectivity index (χ2n) is 6.41. The Kier molecular flexibility index (Phi) is 4.17. The lowest BCUT2D eigenvalue weighted by Gasteiger charge is -2.40. The predicted molar refractivity (Wildman–Crippen MR) is 88.2 cm³/mol. The highest BCUT2D eigenvalue weighted by Crippen LogP contribution is 2.43. The van der Waals surface area contributed by atoms with Gasteiger partial charge in [-0.25, -0.2) is 8.78 Å². The molecule has 23 heavy (non-hydrogen) atoms. The number of nitrogens with zero attached hydrogens (tertiary/aromatic N) is 1. The lowest BCUT2D eigenvalue weighted by atomic mass is 9.91. The molecule has 0 bridgehead atoms. The van der Waals surface area contributed by atoms with Gasteiger partial charge in [0.1, 0.15) is 11.6 Å². The predicted octanol–water partition coefficient (Wildman–Crippen LogP) is 4.37. The molecule has 0 radical (unpaired) electrons. The van der Waals surface area contributed by atoms with Crippen LogP contribution in [0.25, 0.3) is 0 Å². The molecule has 0 aliphatic carbocycles. The molecule has 3 rings (SSSR count). The Balaban J connectivity index is 2.03. The van der Waals surface area contributed by atoms with Gasteiger partial charge >= 0.3 is 0 Å². The van der Waals surface area contributed by atoms with Crippen molar-refractivity contribution < 1.29 is 8.78 Å². The lowest BCUT2D eigenvalue weighted by molar-refractivity contribution is 0.0770. The average Bonchev–Trinajstić information content (AvgIpc) is 2.87. The first kappa shape index (κ1) is 16.4. The Morgan fingerprint density at radius 3 is 2.48 bits per heavy atom. The van der Waals surface area contributed by atoms with E-state index in [1.807, 2.05) is 24.3 Å². The molecule has 0 fully saturated rings. The standard InChI is InChI=1S/C18H19ClF2N2/c1-18(2,12-3-5-13(19)6-4-12)23-10-11-7-14(20)8-15(21)17(11)16(23)9-22/h3-8,16H,9-10,22H2,1-2H3. The first-order valence-electron chi connectivity index (χ1n) is 7.55. The minimum atomic E-state index is -0.553. The van der Waals surface area contributed by atoms with E-state index in [4.69, 9.17) is 17.3 Å². The minimum Gasteiger partial charge on any atom is -0.329 e. The Morgan fingerprint density at radius 2 is 1.87 bits per heavy atom. The zero-order valence-electron chi connectivity index (χ0n) is 13.1. The fourth-order valence-electron chi connectivity index (χ4n) is 3.45. The molecule has 2 N–H and O–H groups in total. The number of fused-ring (bicyclic) bond motifs is 1. The van der Waals surface area contributed by atoms with Crippen molar-refractivity contribution in [3.63, 3.8) is 0 Å². The summed E-state index contributed by atoms with van der Waals surface area (Å²) in [6.07, 6.45) is 0. The van der Waals surface area contributed by atoms with Gasteiger partial charge in [0, 0.05) is 35.3 Å². The van der Waals surface area contributed by atoms with E-state index in [-0.39, 0.29) is 12.6 Å². The van der Waals surface area contributed by atoms with Crippen LogP contribution in [0.3, 0.4) is 0 Å². The van der Waals surface area contributed by atoms with Crippen molar-refractivity contribution in [1.29, 1.82) is 0 Å². The molecule has 1 aliphatic rings. The van der Waals surface area contributed by atoms with Crippen molar-refractivity contribution in [2.24, 2.45) is 5.73 Å². The molecule has 0 amide bonds. The van der Waals surface area contributed by atoms with Gasteiger partial charge in [0.2, 0.25) is 0 Å². The van der Waals surface area contributed by atoms with E-state index in [9.17, 15) is 8.78 Å². The summed E-state index contributed by atoms with van der Waals surface area (Å²) in [4.78, 5) is 2.11. The molecule has 2 aromatic carbocycles. The number of benzene rings is 2. The normalized spacial score (nSPS) is 18.3. The lowest BCUT2D eigenvalue weighted by Crippen LogP contribution is -2.42. The fraction of sp³-hybridized carbons (Fsp3) is 0.333. The SMILES string of the molecule is CC(C)(c1ccc(Cl)cc1)N1Cc2cc(F)cc(F)c2C1CN. The van der Waals surface area contributed by atoms with Crippen LogP contribution in [0.1, 0.15) is 36.6 Å². The van der Waals surface area contributed by atoms with Crippen LogP contribution in [0, 0.1) is 11.6 Å². The molecule has 0 saturated carbocycles. The topological polar surface area (TPSA) is 29.3 Å². The average molecular weight is 337 g/mol. The zero-order chi connectivity index (χ0) is 16.8. The van der Waals surface area contributed by atoms with E-state index in [0.29, 0.717) is 22.7 Å². The first-order valence-corrected chi connectivity index (χ1v) is 7.93. The Hall–Kier alpha value is -1.49. The van der Waals surface area contributed by atoms with Gasteiger partial charge < -0.3 is 5.73 Å². The second kappa shape index (κ2) is 5.86. The van der Waals surface area contributed by atoms with Gasteiger partial charge in [-0.3, -0.25) is 4.90 Å². The third-order valence-electron chi connectivity index (χ3n) is 4.72. The number of hydrogen-bond acceptors (Lipinski definition) is 2. The maximum Gasteiger partial charge on any atom is 0.131 e. The summed E-state index contributed by atoms with van der Waals surface area (Å²) in [6.45, 7) is 4.84. The van der Waals surface area contributed by atoms with Crippen LogP contribution in [0.15, 0.2) is 36.4 Å². The van der Waals surface area contributed by atoms with E-state index in [0.717, 1.165) is 11.6 Å². The van der Waals surface area contributed by atoms with Crippen LogP contribution in [0.5, 0.6) is 0 Å². The van der Waals surface area contributed by atoms with Gasteiger partial charge in [-0.15, -0.1) is 0 Å². The maximum absolute atomic E-state index is 14.3. The smallest absolute Gasteiger partial charge is 0.131 e. The zero-order valence-corrected chi connectivity index (χ0v) is 13.9. The summed E-state index contributed by atoms with van der Waals surface area (Å²) in [5.41, 5.74) is 7.76. The molecular formula is C18H19ClF2N2. The fourth-order valence-corrected chi connectivity index (χ4v) is 3.57. The van der Waals surface area contributed by atoms with Crippen LogP contribution in [0.4, 0.5) is 8.78 Å². The van der Waals surface area contributed by atoms with Crippen molar-refractivity contribution in [2.45, 2.75) is 32.0 Å². The summed E-state index contributed by atoms with van der Waals surface area (Å²) in [7, 11) is 0. The molecule has 1 heterocycles. The van der Waals surface area contributed by atoms with E-state index in [1.165, 1.54) is 6.07 Å². The third kappa shape index (κ3) is 2.75. The van der Waals surface area contributed by atoms with Crippen molar-refractivity contribution in [2.75, 3.05) is 6.54 Å². The monoisotopic (exact) mass is 336 g/mol. The molecule has 0 spiro atoms. The number of rotatable bonds is 3. The number of halogens is 3. The van der Waals surface area contributed by atoms with E-state index in [1.54, 1.807) is 0 Å². The molecule has 5 heteroatoms. The molecule has 0 aromatic heterocycles. The number of hydrogen-bond donors (Lipinski definition) is 1. The van der Waals surface area contributed by atoms with Gasteiger partial charge in [-0.1, -0.05) is 23.7 Å². The van der Waals surface area contributed by atoms with Gasteiger partial charge in [0.05, 0.1) is 6.04 Å². The minimum absolute atomic E-state index is 0.270. The summed E-state index contributed by atoms with van der Waals surface area (Å²) >= 11 is 5.96. The summed E-state index contributed by atoms with van der Waals surface area (Å²) in [5, 5.41) is 0.665. The largest absolute Gasteiger partial charge is 0.329 e. The van der Waals surface area contributed by atoms with Crippen LogP contribution < -0.4 is 5.73 Å². The molecule has 0 saturated heterocycles. The molecule has 1 aliphatic heterocycles.